The summed E-state index contributed by atoms with van der Waals surface area (Å²) >= 11 is 5.40. The molecule has 0 radical (unpaired) electrons. The highest BCUT2D eigenvalue weighted by atomic mass is 35.5. The maximum atomic E-state index is 13.5. The van der Waals surface area contributed by atoms with Crippen molar-refractivity contribution in [3.8, 4) is 0 Å². The van der Waals surface area contributed by atoms with E-state index >= 15 is 0 Å². The third-order valence-corrected chi connectivity index (χ3v) is 4.42. The number of hydrogen-bond donors (Lipinski definition) is 1. The highest BCUT2D eigenvalue weighted by Crippen LogP contribution is 2.36. The minimum Gasteiger partial charge on any atom is -0.277 e. The van der Waals surface area contributed by atoms with Crippen LogP contribution in [0.25, 0.3) is 0 Å². The van der Waals surface area contributed by atoms with E-state index in [4.69, 9.17) is 11.6 Å². The van der Waals surface area contributed by atoms with E-state index in [2.05, 4.69) is 0 Å². The second-order valence-corrected chi connectivity index (χ2v) is 6.46. The molecule has 0 saturated heterocycles. The van der Waals surface area contributed by atoms with Crippen molar-refractivity contribution in [2.24, 2.45) is 0 Å². The Balaban J connectivity index is 2.44. The van der Waals surface area contributed by atoms with E-state index in [-0.39, 0.29) is 0 Å². The minimum atomic E-state index is -4.86. The smallest absolute Gasteiger partial charge is 0.277 e. The number of anilines is 1. The van der Waals surface area contributed by atoms with Gasteiger partial charge in [0.15, 0.2) is 0 Å². The Bertz CT molecular complexity index is 852. The van der Waals surface area contributed by atoms with Crippen molar-refractivity contribution in [2.75, 3.05) is 4.72 Å². The molecule has 0 aliphatic heterocycles. The Kier molecular flexibility index (Phi) is 4.54. The fourth-order valence-corrected chi connectivity index (χ4v) is 2.98. The van der Waals surface area contributed by atoms with Gasteiger partial charge in [-0.1, -0.05) is 11.6 Å². The zero-order valence-corrected chi connectivity index (χ0v) is 12.5. The van der Waals surface area contributed by atoms with Gasteiger partial charge in [-0.15, -0.1) is 0 Å². The SMILES string of the molecule is O=S(=O)(Nc1ccc(F)cc1F)c1ccc(Cl)c(C(F)(F)F)c1. The predicted molar refractivity (Wildman–Crippen MR) is 73.6 cm³/mol. The summed E-state index contributed by atoms with van der Waals surface area (Å²) in [6.07, 6.45) is -4.86. The topological polar surface area (TPSA) is 46.2 Å². The first-order valence-corrected chi connectivity index (χ1v) is 7.71. The quantitative estimate of drug-likeness (QED) is 0.811. The molecule has 0 saturated carbocycles. The molecule has 1 N–H and O–H groups in total. The second kappa shape index (κ2) is 5.97. The molecule has 0 bridgehead atoms. The first-order valence-electron chi connectivity index (χ1n) is 5.85. The molecule has 0 spiro atoms. The number of rotatable bonds is 3. The van der Waals surface area contributed by atoms with Gasteiger partial charge in [-0.2, -0.15) is 13.2 Å². The molecule has 0 aromatic heterocycles. The van der Waals surface area contributed by atoms with Crippen molar-refractivity contribution in [3.63, 3.8) is 0 Å². The lowest BCUT2D eigenvalue weighted by Crippen LogP contribution is -2.15. The molecule has 0 unspecified atom stereocenters. The average Bonchev–Trinajstić information content (AvgIpc) is 2.41. The van der Waals surface area contributed by atoms with Gasteiger partial charge in [0.2, 0.25) is 0 Å². The molecular weight excluding hydrogens is 365 g/mol. The van der Waals surface area contributed by atoms with Crippen molar-refractivity contribution in [1.29, 1.82) is 0 Å². The fourth-order valence-electron chi connectivity index (χ4n) is 1.66. The van der Waals surface area contributed by atoms with E-state index in [0.717, 1.165) is 24.3 Å². The van der Waals surface area contributed by atoms with E-state index < -0.39 is 49.0 Å². The number of hydrogen-bond acceptors (Lipinski definition) is 2. The van der Waals surface area contributed by atoms with E-state index in [1.165, 1.54) is 0 Å². The largest absolute Gasteiger partial charge is 0.417 e. The van der Waals surface area contributed by atoms with Crippen LogP contribution in [-0.4, -0.2) is 8.42 Å². The summed E-state index contributed by atoms with van der Waals surface area (Å²) in [4.78, 5) is -0.766. The second-order valence-electron chi connectivity index (χ2n) is 4.37. The van der Waals surface area contributed by atoms with Gasteiger partial charge in [-0.25, -0.2) is 17.2 Å². The molecule has 0 heterocycles. The van der Waals surface area contributed by atoms with Crippen molar-refractivity contribution in [1.82, 2.24) is 0 Å². The molecule has 0 atom stereocenters. The monoisotopic (exact) mass is 371 g/mol. The first-order chi connectivity index (χ1) is 10.5. The normalized spacial score (nSPS) is 12.3. The van der Waals surface area contributed by atoms with Gasteiger partial charge in [0.1, 0.15) is 11.6 Å². The molecular formula is C13H7ClF5NO2S. The maximum Gasteiger partial charge on any atom is 0.417 e. The van der Waals surface area contributed by atoms with Crippen LogP contribution in [-0.2, 0) is 16.2 Å². The standard InChI is InChI=1S/C13H7ClF5NO2S/c14-10-3-2-8(6-9(10)13(17,18)19)23(21,22)20-12-4-1-7(15)5-11(12)16/h1-6,20H. The van der Waals surface area contributed by atoms with Crippen molar-refractivity contribution in [2.45, 2.75) is 11.1 Å². The third kappa shape index (κ3) is 3.91. The number of halogens is 6. The summed E-state index contributed by atoms with van der Waals surface area (Å²) in [5.74, 6) is -2.14. The van der Waals surface area contributed by atoms with Gasteiger partial charge in [0.05, 0.1) is 21.2 Å². The molecule has 2 aromatic rings. The molecule has 124 valence electrons. The average molecular weight is 372 g/mol. The Morgan fingerprint density at radius 1 is 1.00 bits per heavy atom. The van der Waals surface area contributed by atoms with Crippen LogP contribution in [0, 0.1) is 11.6 Å². The lowest BCUT2D eigenvalue weighted by Gasteiger charge is -2.13. The summed E-state index contributed by atoms with van der Waals surface area (Å²) in [5, 5.41) is -0.676. The lowest BCUT2D eigenvalue weighted by atomic mass is 10.2. The van der Waals surface area contributed by atoms with Gasteiger partial charge in [0, 0.05) is 6.07 Å². The van der Waals surface area contributed by atoms with E-state index in [1.807, 2.05) is 0 Å². The van der Waals surface area contributed by atoms with Gasteiger partial charge >= 0.3 is 6.18 Å². The molecule has 23 heavy (non-hydrogen) atoms. The van der Waals surface area contributed by atoms with E-state index in [1.54, 1.807) is 4.72 Å². The van der Waals surface area contributed by atoms with Crippen LogP contribution in [0.2, 0.25) is 5.02 Å². The molecule has 2 rings (SSSR count). The minimum absolute atomic E-state index is 0.325. The summed E-state index contributed by atoms with van der Waals surface area (Å²) in [6, 6.07) is 3.96. The summed E-state index contributed by atoms with van der Waals surface area (Å²) in [7, 11) is -4.52. The molecule has 0 fully saturated rings. The van der Waals surface area contributed by atoms with Crippen LogP contribution >= 0.6 is 11.6 Å². The lowest BCUT2D eigenvalue weighted by molar-refractivity contribution is -0.137. The number of nitrogens with one attached hydrogen (secondary N) is 1. The Morgan fingerprint density at radius 2 is 1.65 bits per heavy atom. The van der Waals surface area contributed by atoms with Crippen LogP contribution in [0.15, 0.2) is 41.3 Å². The summed E-state index contributed by atoms with van der Waals surface area (Å²) < 4.78 is 90.3. The maximum absolute atomic E-state index is 13.5. The highest BCUT2D eigenvalue weighted by Gasteiger charge is 2.34. The van der Waals surface area contributed by atoms with Crippen LogP contribution in [0.5, 0.6) is 0 Å². The van der Waals surface area contributed by atoms with Crippen LogP contribution < -0.4 is 4.72 Å². The molecule has 0 amide bonds. The predicted octanol–water partition coefficient (Wildman–Crippen LogP) is 4.44. The molecule has 0 aliphatic rings. The first kappa shape index (κ1) is 17.5. The van der Waals surface area contributed by atoms with E-state index in [0.29, 0.717) is 12.1 Å². The fraction of sp³-hybridized carbons (Fsp3) is 0.0769. The number of sulfonamides is 1. The highest BCUT2D eigenvalue weighted by molar-refractivity contribution is 7.92. The third-order valence-electron chi connectivity index (χ3n) is 2.73. The Morgan fingerprint density at radius 3 is 2.22 bits per heavy atom. The molecule has 3 nitrogen and oxygen atoms in total. The van der Waals surface area contributed by atoms with Gasteiger partial charge < -0.3 is 0 Å². The summed E-state index contributed by atoms with van der Waals surface area (Å²) in [6.45, 7) is 0. The summed E-state index contributed by atoms with van der Waals surface area (Å²) in [5.41, 5.74) is -1.95. The Labute approximate surface area is 132 Å². The van der Waals surface area contributed by atoms with Crippen molar-refractivity contribution >= 4 is 27.3 Å². The van der Waals surface area contributed by atoms with Gasteiger partial charge in [-0.3, -0.25) is 4.72 Å². The van der Waals surface area contributed by atoms with Gasteiger partial charge in [0.25, 0.3) is 10.0 Å². The van der Waals surface area contributed by atoms with Crippen molar-refractivity contribution in [3.05, 3.63) is 58.6 Å². The van der Waals surface area contributed by atoms with Crippen molar-refractivity contribution < 1.29 is 30.4 Å². The molecule has 10 heteroatoms. The molecule has 0 aliphatic carbocycles. The number of benzene rings is 2. The zero-order valence-electron chi connectivity index (χ0n) is 11.0. The zero-order chi connectivity index (χ0) is 17.4. The van der Waals surface area contributed by atoms with Gasteiger partial charge in [-0.05, 0) is 30.3 Å². The van der Waals surface area contributed by atoms with Crippen LogP contribution in [0.4, 0.5) is 27.6 Å². The van der Waals surface area contributed by atoms with E-state index in [9.17, 15) is 30.4 Å². The molecule has 2 aromatic carbocycles. The van der Waals surface area contributed by atoms with Crippen LogP contribution in [0.1, 0.15) is 5.56 Å². The number of alkyl halides is 3. The Hall–Kier alpha value is -1.87. The van der Waals surface area contributed by atoms with Crippen LogP contribution in [0.3, 0.4) is 0 Å².